The number of nitrogens with zero attached hydrogens (tertiary/aromatic N) is 2. The number of amides is 2. The summed E-state index contributed by atoms with van der Waals surface area (Å²) in [5.41, 5.74) is 5.22. The number of hydrogen-bond donors (Lipinski definition) is 1. The van der Waals surface area contributed by atoms with Crippen LogP contribution in [-0.2, 0) is 27.4 Å². The first-order valence-corrected chi connectivity index (χ1v) is 12.8. The second kappa shape index (κ2) is 8.15. The van der Waals surface area contributed by atoms with Gasteiger partial charge in [0, 0.05) is 28.3 Å². The zero-order valence-electron chi connectivity index (χ0n) is 18.8. The Bertz CT molecular complexity index is 1300. The maximum atomic E-state index is 14.3. The molecule has 0 saturated carbocycles. The zero-order chi connectivity index (χ0) is 23.4. The first-order chi connectivity index (χ1) is 16.5. The molecular formula is C27H25ClN3O2S+. The number of quaternary nitrogens is 1. The quantitative estimate of drug-likeness (QED) is 0.610. The van der Waals surface area contributed by atoms with Gasteiger partial charge in [-0.2, -0.15) is 0 Å². The summed E-state index contributed by atoms with van der Waals surface area (Å²) in [6, 6.07) is 23.7. The van der Waals surface area contributed by atoms with Crippen molar-refractivity contribution in [2.75, 3.05) is 23.0 Å². The van der Waals surface area contributed by atoms with Crippen molar-refractivity contribution in [1.82, 2.24) is 0 Å². The minimum Gasteiger partial charge on any atom is -0.313 e. The number of fused-ring (bicyclic) bond motifs is 3. The molecule has 6 rings (SSSR count). The lowest BCUT2D eigenvalue weighted by atomic mass is 10.0. The number of carbonyl (C=O) groups excluding carboxylic acids is 2. The van der Waals surface area contributed by atoms with Crippen LogP contribution in [0.4, 0.5) is 11.4 Å². The monoisotopic (exact) mass is 490 g/mol. The molecule has 34 heavy (non-hydrogen) atoms. The van der Waals surface area contributed by atoms with Crippen molar-refractivity contribution in [3.63, 3.8) is 0 Å². The lowest BCUT2D eigenvalue weighted by Gasteiger charge is -2.34. The van der Waals surface area contributed by atoms with Crippen molar-refractivity contribution in [2.24, 2.45) is 0 Å². The van der Waals surface area contributed by atoms with Crippen LogP contribution in [0, 0.1) is 0 Å². The van der Waals surface area contributed by atoms with E-state index in [1.807, 2.05) is 48.2 Å². The molecular weight excluding hydrogens is 466 g/mol. The van der Waals surface area contributed by atoms with Gasteiger partial charge in [-0.15, -0.1) is 11.8 Å². The van der Waals surface area contributed by atoms with Gasteiger partial charge in [-0.1, -0.05) is 54.1 Å². The lowest BCUT2D eigenvalue weighted by molar-refractivity contribution is -0.914. The summed E-state index contributed by atoms with van der Waals surface area (Å²) in [7, 11) is 0. The molecule has 0 aromatic heterocycles. The van der Waals surface area contributed by atoms with Crippen LogP contribution >= 0.6 is 23.4 Å². The van der Waals surface area contributed by atoms with E-state index in [2.05, 4.69) is 24.3 Å². The molecule has 0 aliphatic carbocycles. The Hall–Kier alpha value is -2.80. The van der Waals surface area contributed by atoms with E-state index in [0.29, 0.717) is 17.4 Å². The van der Waals surface area contributed by atoms with Gasteiger partial charge in [-0.3, -0.25) is 19.4 Å². The van der Waals surface area contributed by atoms with Gasteiger partial charge in [0.25, 0.3) is 5.91 Å². The molecule has 1 saturated heterocycles. The van der Waals surface area contributed by atoms with Crippen molar-refractivity contribution in [1.29, 1.82) is 0 Å². The molecule has 3 aliphatic heterocycles. The molecule has 3 atom stereocenters. The molecule has 2 amide bonds. The summed E-state index contributed by atoms with van der Waals surface area (Å²) in [5, 5.41) is 0.265. The fourth-order valence-electron chi connectivity index (χ4n) is 5.49. The molecule has 3 aromatic carbocycles. The second-order valence-corrected chi connectivity index (χ2v) is 11.1. The highest BCUT2D eigenvalue weighted by Crippen LogP contribution is 2.57. The summed E-state index contributed by atoms with van der Waals surface area (Å²) in [4.78, 5) is 31.6. The number of rotatable bonds is 3. The SMILES string of the molecule is CC1SC2(C(=O)N(C[NH+]3CCc4ccccc4C3)c3ccccc32)N(c2ccc(Cl)cc2)C1=O. The van der Waals surface area contributed by atoms with E-state index >= 15 is 0 Å². The third kappa shape index (κ3) is 3.20. The zero-order valence-corrected chi connectivity index (χ0v) is 20.4. The third-order valence-corrected chi connectivity index (χ3v) is 8.82. The molecule has 0 radical (unpaired) electrons. The van der Waals surface area contributed by atoms with Crippen LogP contribution < -0.4 is 14.7 Å². The average Bonchev–Trinajstić information content (AvgIpc) is 3.25. The minimum atomic E-state index is -1.10. The summed E-state index contributed by atoms with van der Waals surface area (Å²) in [6.07, 6.45) is 1.00. The first kappa shape index (κ1) is 21.7. The van der Waals surface area contributed by atoms with Gasteiger partial charge < -0.3 is 4.90 Å². The number of anilines is 2. The smallest absolute Gasteiger partial charge is 0.273 e. The third-order valence-electron chi connectivity index (χ3n) is 7.10. The minimum absolute atomic E-state index is 0.0438. The molecule has 7 heteroatoms. The summed E-state index contributed by atoms with van der Waals surface area (Å²) < 4.78 is 0. The summed E-state index contributed by atoms with van der Waals surface area (Å²) >= 11 is 7.56. The molecule has 1 N–H and O–H groups in total. The molecule has 3 aromatic rings. The van der Waals surface area contributed by atoms with Crippen molar-refractivity contribution in [3.05, 3.63) is 94.5 Å². The van der Waals surface area contributed by atoms with Crippen molar-refractivity contribution in [2.45, 2.75) is 30.0 Å². The largest absolute Gasteiger partial charge is 0.313 e. The number of carbonyl (C=O) groups is 2. The number of nitrogens with one attached hydrogen (secondary N) is 1. The van der Waals surface area contributed by atoms with E-state index < -0.39 is 4.87 Å². The van der Waals surface area contributed by atoms with Crippen molar-refractivity contribution < 1.29 is 14.5 Å². The fraction of sp³-hybridized carbons (Fsp3) is 0.259. The fourth-order valence-corrected chi connectivity index (χ4v) is 7.14. The Kier molecular flexibility index (Phi) is 5.21. The molecule has 3 unspecified atom stereocenters. The Morgan fingerprint density at radius 2 is 1.71 bits per heavy atom. The maximum absolute atomic E-state index is 14.3. The van der Waals surface area contributed by atoms with Crippen LogP contribution in [0.3, 0.4) is 0 Å². The molecule has 3 heterocycles. The number of hydrogen-bond acceptors (Lipinski definition) is 3. The van der Waals surface area contributed by atoms with Crippen LogP contribution in [0.1, 0.15) is 23.6 Å². The topological polar surface area (TPSA) is 45.1 Å². The standard InChI is InChI=1S/C27H24ClN3O2S/c1-18-25(32)31(22-12-10-21(28)11-13-22)27(34-18)23-8-4-5-9-24(23)30(26(27)33)17-29-15-14-19-6-2-3-7-20(19)16-29/h2-13,18H,14-17H2,1H3/p+1. The molecule has 3 aliphatic rings. The van der Waals surface area contributed by atoms with Crippen LogP contribution in [0.5, 0.6) is 0 Å². The van der Waals surface area contributed by atoms with Gasteiger partial charge >= 0.3 is 0 Å². The van der Waals surface area contributed by atoms with Gasteiger partial charge in [0.15, 0.2) is 6.67 Å². The number of benzene rings is 3. The van der Waals surface area contributed by atoms with Crippen LogP contribution in [0.25, 0.3) is 0 Å². The van der Waals surface area contributed by atoms with Crippen LogP contribution in [0.2, 0.25) is 5.02 Å². The van der Waals surface area contributed by atoms with E-state index in [0.717, 1.165) is 30.8 Å². The Morgan fingerprint density at radius 3 is 2.50 bits per heavy atom. The predicted molar refractivity (Wildman–Crippen MR) is 136 cm³/mol. The predicted octanol–water partition coefficient (Wildman–Crippen LogP) is 3.61. The van der Waals surface area contributed by atoms with E-state index in [1.165, 1.54) is 27.8 Å². The molecule has 5 nitrogen and oxygen atoms in total. The van der Waals surface area contributed by atoms with Gasteiger partial charge in [-0.05, 0) is 42.8 Å². The second-order valence-electron chi connectivity index (χ2n) is 9.16. The Labute approximate surface area is 208 Å². The van der Waals surface area contributed by atoms with Gasteiger partial charge in [0.1, 0.15) is 6.54 Å². The average molecular weight is 491 g/mol. The molecule has 0 bridgehead atoms. The highest BCUT2D eigenvalue weighted by atomic mass is 35.5. The van der Waals surface area contributed by atoms with Gasteiger partial charge in [0.05, 0.1) is 17.5 Å². The normalized spacial score (nSPS) is 25.7. The van der Waals surface area contributed by atoms with E-state index in [1.54, 1.807) is 17.0 Å². The van der Waals surface area contributed by atoms with Crippen molar-refractivity contribution in [3.8, 4) is 0 Å². The summed E-state index contributed by atoms with van der Waals surface area (Å²) in [5.74, 6) is -0.103. The molecule has 1 fully saturated rings. The van der Waals surface area contributed by atoms with Crippen molar-refractivity contribution >= 4 is 46.6 Å². The Balaban J connectivity index is 1.40. The number of para-hydroxylation sites is 1. The van der Waals surface area contributed by atoms with E-state index in [9.17, 15) is 9.59 Å². The Morgan fingerprint density at radius 1 is 1.00 bits per heavy atom. The van der Waals surface area contributed by atoms with E-state index in [4.69, 9.17) is 11.6 Å². The number of thioether (sulfide) groups is 1. The number of halogens is 1. The van der Waals surface area contributed by atoms with Crippen LogP contribution in [0.15, 0.2) is 72.8 Å². The molecule has 1 spiro atoms. The highest BCUT2D eigenvalue weighted by Gasteiger charge is 2.63. The summed E-state index contributed by atoms with van der Waals surface area (Å²) in [6.45, 7) is 4.32. The van der Waals surface area contributed by atoms with Crippen LogP contribution in [-0.4, -0.2) is 30.3 Å². The lowest BCUT2D eigenvalue weighted by Crippen LogP contribution is -3.13. The van der Waals surface area contributed by atoms with Gasteiger partial charge in [0.2, 0.25) is 10.8 Å². The maximum Gasteiger partial charge on any atom is 0.273 e. The first-order valence-electron chi connectivity index (χ1n) is 11.6. The highest BCUT2D eigenvalue weighted by molar-refractivity contribution is 8.03. The van der Waals surface area contributed by atoms with Gasteiger partial charge in [-0.25, -0.2) is 0 Å². The molecule has 172 valence electrons. The van der Waals surface area contributed by atoms with E-state index in [-0.39, 0.29) is 17.1 Å².